The summed E-state index contributed by atoms with van der Waals surface area (Å²) in [5.41, 5.74) is 1.99. The highest BCUT2D eigenvalue weighted by Gasteiger charge is 2.13. The molecular weight excluding hydrogens is 441 g/mol. The molecule has 0 aliphatic heterocycles. The minimum Gasteiger partial charge on any atom is -0.325 e. The van der Waals surface area contributed by atoms with E-state index in [9.17, 15) is 14.0 Å². The van der Waals surface area contributed by atoms with E-state index in [0.717, 1.165) is 16.3 Å². The SMILES string of the molecule is CCSc1ccccc1C(=O)Nc1nc(CSCC(=O)Nc2ccc(F)cc2)cs1. The van der Waals surface area contributed by atoms with Gasteiger partial charge in [-0.1, -0.05) is 19.1 Å². The molecule has 1 aromatic heterocycles. The number of hydrogen-bond donors (Lipinski definition) is 2. The summed E-state index contributed by atoms with van der Waals surface area (Å²) >= 11 is 4.40. The van der Waals surface area contributed by atoms with Gasteiger partial charge >= 0.3 is 0 Å². The van der Waals surface area contributed by atoms with Crippen LogP contribution in [0.5, 0.6) is 0 Å². The summed E-state index contributed by atoms with van der Waals surface area (Å²) in [6.07, 6.45) is 0. The van der Waals surface area contributed by atoms with E-state index in [0.29, 0.717) is 22.1 Å². The number of rotatable bonds is 9. The third kappa shape index (κ3) is 6.58. The Kier molecular flexibility index (Phi) is 8.30. The highest BCUT2D eigenvalue weighted by atomic mass is 32.2. The first kappa shape index (κ1) is 22.3. The highest BCUT2D eigenvalue weighted by Crippen LogP contribution is 2.25. The van der Waals surface area contributed by atoms with Crippen LogP contribution in [0.2, 0.25) is 0 Å². The lowest BCUT2D eigenvalue weighted by atomic mass is 10.2. The highest BCUT2D eigenvalue weighted by molar-refractivity contribution is 7.99. The van der Waals surface area contributed by atoms with Crippen LogP contribution in [-0.2, 0) is 10.5 Å². The van der Waals surface area contributed by atoms with Crippen molar-refractivity contribution in [3.63, 3.8) is 0 Å². The third-order valence-corrected chi connectivity index (χ3v) is 6.54. The first-order valence-corrected chi connectivity index (χ1v) is 12.2. The van der Waals surface area contributed by atoms with Gasteiger partial charge in [-0.15, -0.1) is 34.9 Å². The predicted molar refractivity (Wildman–Crippen MR) is 124 cm³/mol. The summed E-state index contributed by atoms with van der Waals surface area (Å²) in [6, 6.07) is 13.1. The average molecular weight is 462 g/mol. The molecule has 30 heavy (non-hydrogen) atoms. The Balaban J connectivity index is 1.47. The fourth-order valence-corrected chi connectivity index (χ4v) is 4.84. The van der Waals surface area contributed by atoms with Crippen LogP contribution in [0.15, 0.2) is 58.8 Å². The van der Waals surface area contributed by atoms with Crippen molar-refractivity contribution in [1.29, 1.82) is 0 Å². The maximum absolute atomic E-state index is 12.9. The van der Waals surface area contributed by atoms with Crippen LogP contribution < -0.4 is 10.6 Å². The van der Waals surface area contributed by atoms with E-state index < -0.39 is 0 Å². The second kappa shape index (κ2) is 11.1. The molecule has 0 fully saturated rings. The van der Waals surface area contributed by atoms with E-state index in [-0.39, 0.29) is 23.4 Å². The summed E-state index contributed by atoms with van der Waals surface area (Å²) in [5, 5.41) is 7.97. The number of carbonyl (C=O) groups is 2. The molecule has 3 aromatic rings. The third-order valence-electron chi connectivity index (χ3n) is 3.81. The first-order chi connectivity index (χ1) is 14.5. The Hall–Kier alpha value is -2.36. The molecule has 0 aliphatic rings. The van der Waals surface area contributed by atoms with Crippen LogP contribution in [-0.4, -0.2) is 28.3 Å². The molecule has 3 rings (SSSR count). The van der Waals surface area contributed by atoms with Crippen molar-refractivity contribution in [2.45, 2.75) is 17.6 Å². The molecule has 0 spiro atoms. The molecule has 1 heterocycles. The number of benzene rings is 2. The number of halogens is 1. The molecule has 0 radical (unpaired) electrons. The number of anilines is 2. The molecular formula is C21H20FN3O2S3. The zero-order valence-corrected chi connectivity index (χ0v) is 18.6. The van der Waals surface area contributed by atoms with Crippen molar-refractivity contribution < 1.29 is 14.0 Å². The van der Waals surface area contributed by atoms with Crippen LogP contribution in [0.3, 0.4) is 0 Å². The fourth-order valence-electron chi connectivity index (χ4n) is 2.51. The Morgan fingerprint density at radius 2 is 1.87 bits per heavy atom. The molecule has 0 saturated heterocycles. The molecule has 5 nitrogen and oxygen atoms in total. The van der Waals surface area contributed by atoms with Crippen molar-refractivity contribution in [2.24, 2.45) is 0 Å². The van der Waals surface area contributed by atoms with Gasteiger partial charge in [0.05, 0.1) is 17.0 Å². The van der Waals surface area contributed by atoms with Gasteiger partial charge in [-0.25, -0.2) is 9.37 Å². The van der Waals surface area contributed by atoms with Crippen molar-refractivity contribution in [3.05, 3.63) is 71.0 Å². The van der Waals surface area contributed by atoms with Gasteiger partial charge in [-0.3, -0.25) is 14.9 Å². The van der Waals surface area contributed by atoms with Gasteiger partial charge in [0.15, 0.2) is 5.13 Å². The second-order valence-corrected chi connectivity index (χ2v) is 9.22. The maximum atomic E-state index is 12.9. The zero-order valence-electron chi connectivity index (χ0n) is 16.2. The Labute approximate surface area is 186 Å². The Bertz CT molecular complexity index is 1010. The number of amides is 2. The van der Waals surface area contributed by atoms with Gasteiger partial charge in [0.2, 0.25) is 5.91 Å². The van der Waals surface area contributed by atoms with E-state index in [2.05, 4.69) is 15.6 Å². The van der Waals surface area contributed by atoms with Crippen LogP contribution >= 0.6 is 34.9 Å². The second-order valence-electron chi connectivity index (χ2n) is 6.08. The van der Waals surface area contributed by atoms with Gasteiger partial charge < -0.3 is 5.32 Å². The van der Waals surface area contributed by atoms with Crippen molar-refractivity contribution >= 4 is 57.5 Å². The number of carbonyl (C=O) groups excluding carboxylic acids is 2. The predicted octanol–water partition coefficient (Wildman–Crippen LogP) is 5.52. The van der Waals surface area contributed by atoms with E-state index in [1.165, 1.54) is 47.4 Å². The van der Waals surface area contributed by atoms with Gasteiger partial charge in [0.1, 0.15) is 5.82 Å². The van der Waals surface area contributed by atoms with Crippen LogP contribution in [0.4, 0.5) is 15.2 Å². The molecule has 0 aliphatic carbocycles. The van der Waals surface area contributed by atoms with E-state index in [1.807, 2.05) is 30.5 Å². The number of hydrogen-bond acceptors (Lipinski definition) is 6. The summed E-state index contributed by atoms with van der Waals surface area (Å²) in [7, 11) is 0. The van der Waals surface area contributed by atoms with Crippen molar-refractivity contribution in [3.8, 4) is 0 Å². The summed E-state index contributed by atoms with van der Waals surface area (Å²) in [6.45, 7) is 2.05. The molecule has 2 amide bonds. The minimum absolute atomic E-state index is 0.166. The van der Waals surface area contributed by atoms with E-state index in [1.54, 1.807) is 17.8 Å². The molecule has 156 valence electrons. The molecule has 0 saturated carbocycles. The molecule has 0 bridgehead atoms. The van der Waals surface area contributed by atoms with Crippen LogP contribution in [0.25, 0.3) is 0 Å². The zero-order chi connectivity index (χ0) is 21.3. The summed E-state index contributed by atoms with van der Waals surface area (Å²) in [5.74, 6) is 0.988. The number of thiazole rings is 1. The van der Waals surface area contributed by atoms with Crippen LogP contribution in [0.1, 0.15) is 23.0 Å². The van der Waals surface area contributed by atoms with E-state index in [4.69, 9.17) is 0 Å². The quantitative estimate of drug-likeness (QED) is 0.411. The monoisotopic (exact) mass is 461 g/mol. The maximum Gasteiger partial charge on any atom is 0.258 e. The van der Waals surface area contributed by atoms with Crippen molar-refractivity contribution in [2.75, 3.05) is 22.1 Å². The number of thioether (sulfide) groups is 2. The van der Waals surface area contributed by atoms with Gasteiger partial charge in [-0.05, 0) is 42.2 Å². The smallest absolute Gasteiger partial charge is 0.258 e. The van der Waals surface area contributed by atoms with E-state index >= 15 is 0 Å². The molecule has 0 unspecified atom stereocenters. The lowest BCUT2D eigenvalue weighted by Crippen LogP contribution is -2.14. The van der Waals surface area contributed by atoms with Gasteiger partial charge in [-0.2, -0.15) is 0 Å². The summed E-state index contributed by atoms with van der Waals surface area (Å²) < 4.78 is 12.9. The largest absolute Gasteiger partial charge is 0.325 e. The lowest BCUT2D eigenvalue weighted by molar-refractivity contribution is -0.113. The number of nitrogens with zero attached hydrogens (tertiary/aromatic N) is 1. The topological polar surface area (TPSA) is 71.1 Å². The molecule has 2 N–H and O–H groups in total. The normalized spacial score (nSPS) is 10.6. The molecule has 2 aromatic carbocycles. The van der Waals surface area contributed by atoms with Gasteiger partial charge in [0.25, 0.3) is 5.91 Å². The average Bonchev–Trinajstić information content (AvgIpc) is 3.17. The van der Waals surface area contributed by atoms with Gasteiger partial charge in [0, 0.05) is 21.7 Å². The number of nitrogens with one attached hydrogen (secondary N) is 2. The Morgan fingerprint density at radius 1 is 1.10 bits per heavy atom. The standard InChI is InChI=1S/C21H20FN3O2S3/c1-2-29-18-6-4-3-5-17(18)20(27)25-21-24-16(12-30-21)11-28-13-19(26)23-15-9-7-14(22)8-10-15/h3-10,12H,2,11,13H2,1H3,(H,23,26)(H,24,25,27). The lowest BCUT2D eigenvalue weighted by Gasteiger charge is -2.07. The Morgan fingerprint density at radius 3 is 2.63 bits per heavy atom. The molecule has 0 atom stereocenters. The summed E-state index contributed by atoms with van der Waals surface area (Å²) in [4.78, 5) is 29.9. The molecule has 9 heteroatoms. The van der Waals surface area contributed by atoms with Crippen LogP contribution in [0, 0.1) is 5.82 Å². The first-order valence-electron chi connectivity index (χ1n) is 9.16. The van der Waals surface area contributed by atoms with Crippen molar-refractivity contribution in [1.82, 2.24) is 4.98 Å². The number of aromatic nitrogens is 1. The fraction of sp³-hybridized carbons (Fsp3) is 0.190. The minimum atomic E-state index is -0.346.